The Hall–Kier alpha value is -1.41. The number of amides is 1. The molecule has 17 heavy (non-hydrogen) atoms. The molecule has 1 heterocycles. The van der Waals surface area contributed by atoms with Gasteiger partial charge in [-0.15, -0.1) is 0 Å². The fraction of sp³-hybridized carbons (Fsp3) is 0.556. The summed E-state index contributed by atoms with van der Waals surface area (Å²) in [4.78, 5) is 13.1. The average Bonchev–Trinajstić information content (AvgIpc) is 2.82. The molecule has 0 radical (unpaired) electrons. The molecule has 1 rings (SSSR count). The van der Waals surface area contributed by atoms with Crippen molar-refractivity contribution in [1.29, 1.82) is 0 Å². The number of carbonyl (C=O) groups excluding carboxylic acids is 1. The molecule has 0 aliphatic carbocycles. The lowest BCUT2D eigenvalue weighted by Crippen LogP contribution is -2.40. The number of sulfonamides is 1. The molecule has 1 aromatic rings. The Morgan fingerprint density at radius 3 is 2.59 bits per heavy atom. The van der Waals surface area contributed by atoms with Crippen LogP contribution < -0.4 is 4.72 Å². The molecule has 0 unspecified atom stereocenters. The molecule has 0 atom stereocenters. The molecule has 1 amide bonds. The molecule has 0 aliphatic heterocycles. The van der Waals surface area contributed by atoms with E-state index >= 15 is 0 Å². The third kappa shape index (κ3) is 3.53. The lowest BCUT2D eigenvalue weighted by Gasteiger charge is -2.18. The van der Waals surface area contributed by atoms with Crippen molar-refractivity contribution in [3.05, 3.63) is 12.3 Å². The van der Waals surface area contributed by atoms with E-state index in [1.807, 2.05) is 13.8 Å². The van der Waals surface area contributed by atoms with Gasteiger partial charge in [0.1, 0.15) is 0 Å². The molecule has 0 fully saturated rings. The predicted octanol–water partition coefficient (Wildman–Crippen LogP) is -0.444. The molecule has 0 spiro atoms. The van der Waals surface area contributed by atoms with E-state index in [0.717, 1.165) is 0 Å². The normalized spacial score (nSPS) is 11.4. The van der Waals surface area contributed by atoms with Crippen LogP contribution in [0.4, 0.5) is 0 Å². The minimum absolute atomic E-state index is 0.0511. The summed E-state index contributed by atoms with van der Waals surface area (Å²) >= 11 is 0. The smallest absolute Gasteiger partial charge is 0.257 e. The number of carbonyl (C=O) groups is 1. The first-order chi connectivity index (χ1) is 8.01. The minimum Gasteiger partial charge on any atom is -0.342 e. The number of aromatic nitrogens is 2. The van der Waals surface area contributed by atoms with Crippen molar-refractivity contribution in [1.82, 2.24) is 19.8 Å². The topological polar surface area (TPSA) is 95.2 Å². The van der Waals surface area contributed by atoms with Gasteiger partial charge in [-0.3, -0.25) is 9.89 Å². The molecule has 0 aromatic carbocycles. The van der Waals surface area contributed by atoms with Crippen molar-refractivity contribution in [2.24, 2.45) is 0 Å². The highest BCUT2D eigenvalue weighted by atomic mass is 32.2. The number of rotatable bonds is 6. The molecule has 2 N–H and O–H groups in total. The van der Waals surface area contributed by atoms with Crippen LogP contribution in [0.25, 0.3) is 0 Å². The maximum atomic E-state index is 11.6. The summed E-state index contributed by atoms with van der Waals surface area (Å²) < 4.78 is 25.5. The van der Waals surface area contributed by atoms with Gasteiger partial charge in [0.05, 0.1) is 12.7 Å². The van der Waals surface area contributed by atoms with E-state index in [1.54, 1.807) is 4.90 Å². The molecule has 0 aliphatic rings. The van der Waals surface area contributed by atoms with E-state index < -0.39 is 10.0 Å². The zero-order valence-corrected chi connectivity index (χ0v) is 10.6. The SMILES string of the molecule is CCN(CC)C(=O)CNS(=O)(=O)c1ccn[nH]1. The lowest BCUT2D eigenvalue weighted by atomic mass is 10.4. The number of hydrogen-bond acceptors (Lipinski definition) is 4. The zero-order chi connectivity index (χ0) is 12.9. The predicted molar refractivity (Wildman–Crippen MR) is 61.7 cm³/mol. The molecular formula is C9H16N4O3S. The molecule has 0 saturated heterocycles. The quantitative estimate of drug-likeness (QED) is 0.724. The Bertz CT molecular complexity index is 451. The van der Waals surface area contributed by atoms with Gasteiger partial charge in [-0.1, -0.05) is 0 Å². The first-order valence-electron chi connectivity index (χ1n) is 5.28. The number of nitrogens with one attached hydrogen (secondary N) is 2. The number of likely N-dealkylation sites (N-methyl/N-ethyl adjacent to an activating group) is 1. The van der Waals surface area contributed by atoms with Crippen LogP contribution in [0, 0.1) is 0 Å². The second-order valence-electron chi connectivity index (χ2n) is 3.31. The summed E-state index contributed by atoms with van der Waals surface area (Å²) in [5.74, 6) is -0.252. The lowest BCUT2D eigenvalue weighted by molar-refractivity contribution is -0.129. The van der Waals surface area contributed by atoms with Crippen LogP contribution in [0.5, 0.6) is 0 Å². The summed E-state index contributed by atoms with van der Waals surface area (Å²) in [6.07, 6.45) is 1.33. The summed E-state index contributed by atoms with van der Waals surface area (Å²) in [5.41, 5.74) is 0. The van der Waals surface area contributed by atoms with Gasteiger partial charge in [0, 0.05) is 13.1 Å². The molecule has 7 nitrogen and oxygen atoms in total. The number of H-pyrrole nitrogens is 1. The molecule has 0 bridgehead atoms. The van der Waals surface area contributed by atoms with Crippen LogP contribution in [0.15, 0.2) is 17.3 Å². The van der Waals surface area contributed by atoms with Crippen molar-refractivity contribution in [2.75, 3.05) is 19.6 Å². The van der Waals surface area contributed by atoms with Crippen LogP contribution in [0.1, 0.15) is 13.8 Å². The Kier molecular flexibility index (Phi) is 4.64. The number of aromatic amines is 1. The largest absolute Gasteiger partial charge is 0.342 e. The van der Waals surface area contributed by atoms with Gasteiger partial charge in [0.25, 0.3) is 10.0 Å². The monoisotopic (exact) mass is 260 g/mol. The molecule has 8 heteroatoms. The van der Waals surface area contributed by atoms with Crippen LogP contribution in [-0.4, -0.2) is 49.1 Å². The summed E-state index contributed by atoms with van der Waals surface area (Å²) in [6.45, 7) is 4.54. The third-order valence-corrected chi connectivity index (χ3v) is 3.63. The molecule has 0 saturated carbocycles. The van der Waals surface area contributed by atoms with Gasteiger partial charge in [-0.2, -0.15) is 5.10 Å². The highest BCUT2D eigenvalue weighted by Crippen LogP contribution is 2.01. The Morgan fingerprint density at radius 2 is 2.12 bits per heavy atom. The van der Waals surface area contributed by atoms with Crippen LogP contribution in [0.3, 0.4) is 0 Å². The van der Waals surface area contributed by atoms with Crippen molar-refractivity contribution in [3.63, 3.8) is 0 Å². The van der Waals surface area contributed by atoms with Gasteiger partial charge < -0.3 is 4.90 Å². The van der Waals surface area contributed by atoms with E-state index in [9.17, 15) is 13.2 Å². The van der Waals surface area contributed by atoms with Crippen molar-refractivity contribution >= 4 is 15.9 Å². The van der Waals surface area contributed by atoms with Crippen LogP contribution in [0.2, 0.25) is 0 Å². The summed E-state index contributed by atoms with van der Waals surface area (Å²) in [6, 6.07) is 1.32. The molecule has 1 aromatic heterocycles. The molecular weight excluding hydrogens is 244 g/mol. The van der Waals surface area contributed by atoms with E-state index in [4.69, 9.17) is 0 Å². The van der Waals surface area contributed by atoms with Gasteiger partial charge in [-0.05, 0) is 19.9 Å². The average molecular weight is 260 g/mol. The van der Waals surface area contributed by atoms with Crippen LogP contribution in [-0.2, 0) is 14.8 Å². The second-order valence-corrected chi connectivity index (χ2v) is 5.05. The van der Waals surface area contributed by atoms with Crippen LogP contribution >= 0.6 is 0 Å². The fourth-order valence-corrected chi connectivity index (χ4v) is 2.20. The summed E-state index contributed by atoms with van der Waals surface area (Å²) in [7, 11) is -3.68. The number of nitrogens with zero attached hydrogens (tertiary/aromatic N) is 2. The van der Waals surface area contributed by atoms with Gasteiger partial charge in [0.2, 0.25) is 5.91 Å². The molecule has 96 valence electrons. The van der Waals surface area contributed by atoms with Crippen molar-refractivity contribution in [2.45, 2.75) is 18.9 Å². The first-order valence-corrected chi connectivity index (χ1v) is 6.76. The standard InChI is InChI=1S/C9H16N4O3S/c1-3-13(4-2)9(14)7-11-17(15,16)8-5-6-10-12-8/h5-6,11H,3-4,7H2,1-2H3,(H,10,12). The summed E-state index contributed by atoms with van der Waals surface area (Å²) in [5, 5.41) is 5.83. The van der Waals surface area contributed by atoms with E-state index in [0.29, 0.717) is 13.1 Å². The fourth-order valence-electron chi connectivity index (χ4n) is 1.32. The zero-order valence-electron chi connectivity index (χ0n) is 9.80. The minimum atomic E-state index is -3.68. The Labute approximate surface area is 100 Å². The van der Waals surface area contributed by atoms with Gasteiger partial charge >= 0.3 is 0 Å². The van der Waals surface area contributed by atoms with Gasteiger partial charge in [-0.25, -0.2) is 13.1 Å². The second kappa shape index (κ2) is 5.78. The Balaban J connectivity index is 2.60. The highest BCUT2D eigenvalue weighted by molar-refractivity contribution is 7.89. The van der Waals surface area contributed by atoms with E-state index in [-0.39, 0.29) is 17.5 Å². The maximum Gasteiger partial charge on any atom is 0.257 e. The highest BCUT2D eigenvalue weighted by Gasteiger charge is 2.18. The van der Waals surface area contributed by atoms with E-state index in [1.165, 1.54) is 12.3 Å². The maximum absolute atomic E-state index is 11.6. The van der Waals surface area contributed by atoms with Gasteiger partial charge in [0.15, 0.2) is 5.03 Å². The van der Waals surface area contributed by atoms with E-state index in [2.05, 4.69) is 14.9 Å². The Morgan fingerprint density at radius 1 is 1.47 bits per heavy atom. The van der Waals surface area contributed by atoms with Crippen molar-refractivity contribution in [3.8, 4) is 0 Å². The number of hydrogen-bond donors (Lipinski definition) is 2. The third-order valence-electron chi connectivity index (χ3n) is 2.29. The van der Waals surface area contributed by atoms with Crippen molar-refractivity contribution < 1.29 is 13.2 Å². The first kappa shape index (κ1) is 13.7.